The normalized spacial score (nSPS) is 15.6. The second-order valence-corrected chi connectivity index (χ2v) is 7.03. The lowest BCUT2D eigenvalue weighted by Crippen LogP contribution is -2.42. The zero-order valence-electron chi connectivity index (χ0n) is 15.4. The minimum atomic E-state index is -0.316. The third-order valence-corrected chi connectivity index (χ3v) is 5.04. The highest BCUT2D eigenvalue weighted by Crippen LogP contribution is 2.33. The van der Waals surface area contributed by atoms with Crippen LogP contribution in [-0.2, 0) is 17.8 Å². The number of hydrogen-bond donors (Lipinski definition) is 1. The van der Waals surface area contributed by atoms with E-state index in [9.17, 15) is 9.59 Å². The Hall–Kier alpha value is -2.77. The summed E-state index contributed by atoms with van der Waals surface area (Å²) in [5, 5.41) is 7.40. The molecule has 1 amide bonds. The summed E-state index contributed by atoms with van der Waals surface area (Å²) in [6, 6.07) is 5.61. The van der Waals surface area contributed by atoms with Crippen LogP contribution in [-0.4, -0.2) is 33.1 Å². The number of carbonyl (C=O) groups is 1. The average molecular weight is 372 g/mol. The molecule has 0 spiro atoms. The molecule has 0 atom stereocenters. The number of benzene rings is 1. The van der Waals surface area contributed by atoms with Gasteiger partial charge in [-0.25, -0.2) is 14.0 Å². The topological polar surface area (TPSA) is 87.4 Å². The molecular formula is C19H24N4O4. The minimum absolute atomic E-state index is 0.0635. The van der Waals surface area contributed by atoms with Crippen LogP contribution in [0.1, 0.15) is 44.9 Å². The van der Waals surface area contributed by atoms with E-state index in [1.165, 1.54) is 4.68 Å². The maximum absolute atomic E-state index is 13.0. The third kappa shape index (κ3) is 3.56. The predicted molar refractivity (Wildman–Crippen MR) is 98.3 cm³/mol. The van der Waals surface area contributed by atoms with E-state index < -0.39 is 0 Å². The fourth-order valence-corrected chi connectivity index (χ4v) is 3.30. The zero-order chi connectivity index (χ0) is 18.8. The Morgan fingerprint density at radius 2 is 2.11 bits per heavy atom. The van der Waals surface area contributed by atoms with Crippen LogP contribution in [0.3, 0.4) is 0 Å². The van der Waals surface area contributed by atoms with Crippen LogP contribution >= 0.6 is 0 Å². The maximum Gasteiger partial charge on any atom is 0.351 e. The van der Waals surface area contributed by atoms with E-state index in [0.717, 1.165) is 32.1 Å². The summed E-state index contributed by atoms with van der Waals surface area (Å²) in [4.78, 5) is 25.2. The Morgan fingerprint density at radius 1 is 1.30 bits per heavy atom. The lowest BCUT2D eigenvalue weighted by molar-refractivity contribution is -0.123. The van der Waals surface area contributed by atoms with E-state index in [1.807, 2.05) is 6.07 Å². The molecule has 1 fully saturated rings. The number of rotatable bonds is 7. The second-order valence-electron chi connectivity index (χ2n) is 7.03. The fraction of sp³-hybridized carbons (Fsp3) is 0.526. The van der Waals surface area contributed by atoms with Crippen molar-refractivity contribution in [2.24, 2.45) is 0 Å². The molecule has 0 unspecified atom stereocenters. The van der Waals surface area contributed by atoms with Gasteiger partial charge in [-0.2, -0.15) is 5.10 Å². The van der Waals surface area contributed by atoms with Crippen LogP contribution in [0.5, 0.6) is 11.5 Å². The van der Waals surface area contributed by atoms with Crippen LogP contribution in [0.15, 0.2) is 23.0 Å². The van der Waals surface area contributed by atoms with E-state index in [-0.39, 0.29) is 31.0 Å². The second kappa shape index (κ2) is 7.46. The Morgan fingerprint density at radius 3 is 2.85 bits per heavy atom. The Balaban J connectivity index is 1.63. The molecule has 2 aromatic rings. The molecule has 1 saturated carbocycles. The number of ether oxygens (including phenoxy) is 2. The number of carbonyl (C=O) groups excluding carboxylic acids is 1. The van der Waals surface area contributed by atoms with Gasteiger partial charge in [0, 0.05) is 18.5 Å². The number of nitrogens with zero attached hydrogens (tertiary/aromatic N) is 3. The Labute approximate surface area is 157 Å². The lowest BCUT2D eigenvalue weighted by Gasteiger charge is -2.26. The molecule has 8 nitrogen and oxygen atoms in total. The summed E-state index contributed by atoms with van der Waals surface area (Å²) < 4.78 is 13.6. The highest BCUT2D eigenvalue weighted by atomic mass is 16.7. The van der Waals surface area contributed by atoms with Crippen molar-refractivity contribution in [3.8, 4) is 17.2 Å². The van der Waals surface area contributed by atoms with Crippen molar-refractivity contribution in [1.29, 1.82) is 0 Å². The summed E-state index contributed by atoms with van der Waals surface area (Å²) >= 11 is 0. The smallest absolute Gasteiger partial charge is 0.351 e. The van der Waals surface area contributed by atoms with Gasteiger partial charge in [0.15, 0.2) is 11.5 Å². The number of unbranched alkanes of at least 4 members (excludes halogenated alkanes) is 1. The molecule has 1 aromatic heterocycles. The number of aromatic nitrogens is 3. The van der Waals surface area contributed by atoms with Gasteiger partial charge in [0.05, 0.1) is 5.69 Å². The molecule has 2 aliphatic rings. The van der Waals surface area contributed by atoms with Crippen molar-refractivity contribution in [2.45, 2.75) is 58.0 Å². The molecule has 1 aromatic carbocycles. The summed E-state index contributed by atoms with van der Waals surface area (Å²) in [5.74, 6) is 1.75. The fourth-order valence-electron chi connectivity index (χ4n) is 3.30. The van der Waals surface area contributed by atoms with Crippen molar-refractivity contribution in [1.82, 2.24) is 19.7 Å². The Kier molecular flexibility index (Phi) is 4.87. The number of hydrogen-bond acceptors (Lipinski definition) is 5. The van der Waals surface area contributed by atoms with Crippen molar-refractivity contribution < 1.29 is 14.3 Å². The molecule has 0 saturated heterocycles. The molecule has 0 radical (unpaired) electrons. The first-order chi connectivity index (χ1) is 13.2. The van der Waals surface area contributed by atoms with E-state index in [4.69, 9.17) is 9.47 Å². The van der Waals surface area contributed by atoms with Gasteiger partial charge in [0.25, 0.3) is 0 Å². The van der Waals surface area contributed by atoms with Crippen molar-refractivity contribution >= 4 is 5.91 Å². The molecule has 1 aliphatic heterocycles. The van der Waals surface area contributed by atoms with E-state index >= 15 is 0 Å². The number of nitrogens with one attached hydrogen (secondary N) is 1. The predicted octanol–water partition coefficient (Wildman–Crippen LogP) is 1.77. The first kappa shape index (κ1) is 17.6. The standard InChI is InChI=1S/C19H24N4O4/c1-2-3-7-17-21-22(11-18(24)20-13-5-4-6-13)19(25)23(17)14-8-9-15-16(10-14)27-12-26-15/h8-10,13H,2-7,11-12H2,1H3,(H,20,24). The maximum atomic E-state index is 13.0. The van der Waals surface area contributed by atoms with Crippen LogP contribution in [0, 0.1) is 0 Å². The molecule has 0 bridgehead atoms. The largest absolute Gasteiger partial charge is 0.454 e. The van der Waals surface area contributed by atoms with E-state index in [1.54, 1.807) is 16.7 Å². The first-order valence-electron chi connectivity index (χ1n) is 9.54. The van der Waals surface area contributed by atoms with Crippen molar-refractivity contribution in [3.05, 3.63) is 34.5 Å². The monoisotopic (exact) mass is 372 g/mol. The van der Waals surface area contributed by atoms with Gasteiger partial charge >= 0.3 is 5.69 Å². The van der Waals surface area contributed by atoms with Crippen LogP contribution in [0.4, 0.5) is 0 Å². The average Bonchev–Trinajstić information content (AvgIpc) is 3.20. The first-order valence-corrected chi connectivity index (χ1v) is 9.54. The molecule has 144 valence electrons. The van der Waals surface area contributed by atoms with Crippen LogP contribution < -0.4 is 20.5 Å². The van der Waals surface area contributed by atoms with E-state index in [0.29, 0.717) is 29.4 Å². The quantitative estimate of drug-likeness (QED) is 0.800. The third-order valence-electron chi connectivity index (χ3n) is 5.04. The summed E-state index contributed by atoms with van der Waals surface area (Å²) in [5.41, 5.74) is 0.352. The van der Waals surface area contributed by atoms with Crippen molar-refractivity contribution in [3.63, 3.8) is 0 Å². The molecule has 4 rings (SSSR count). The van der Waals surface area contributed by atoms with Crippen LogP contribution in [0.25, 0.3) is 5.69 Å². The van der Waals surface area contributed by atoms with Gasteiger partial charge in [-0.1, -0.05) is 13.3 Å². The van der Waals surface area contributed by atoms with Crippen molar-refractivity contribution in [2.75, 3.05) is 6.79 Å². The SMILES string of the molecule is CCCCc1nn(CC(=O)NC2CCC2)c(=O)n1-c1ccc2c(c1)OCO2. The lowest BCUT2D eigenvalue weighted by atomic mass is 9.93. The summed E-state index contributed by atoms with van der Waals surface area (Å²) in [6.45, 7) is 2.20. The molecule has 1 N–H and O–H groups in total. The molecule has 1 aliphatic carbocycles. The number of amides is 1. The Bertz CT molecular complexity index is 898. The highest BCUT2D eigenvalue weighted by Gasteiger charge is 2.22. The summed E-state index contributed by atoms with van der Waals surface area (Å²) in [6.07, 6.45) is 5.73. The van der Waals surface area contributed by atoms with Gasteiger partial charge in [-0.3, -0.25) is 4.79 Å². The highest BCUT2D eigenvalue weighted by molar-refractivity contribution is 5.76. The van der Waals surface area contributed by atoms with Gasteiger partial charge in [-0.15, -0.1) is 0 Å². The minimum Gasteiger partial charge on any atom is -0.454 e. The van der Waals surface area contributed by atoms with Gasteiger partial charge in [0.1, 0.15) is 12.4 Å². The number of fused-ring (bicyclic) bond motifs is 1. The van der Waals surface area contributed by atoms with Gasteiger partial charge in [0.2, 0.25) is 12.7 Å². The molecule has 8 heteroatoms. The van der Waals surface area contributed by atoms with E-state index in [2.05, 4.69) is 17.3 Å². The molecule has 27 heavy (non-hydrogen) atoms. The van der Waals surface area contributed by atoms with Crippen LogP contribution in [0.2, 0.25) is 0 Å². The zero-order valence-corrected chi connectivity index (χ0v) is 15.4. The summed E-state index contributed by atoms with van der Waals surface area (Å²) in [7, 11) is 0. The molecule has 2 heterocycles. The number of aryl methyl sites for hydroxylation is 1. The van der Waals surface area contributed by atoms with Gasteiger partial charge in [-0.05, 0) is 37.8 Å². The molecular weight excluding hydrogens is 348 g/mol. The van der Waals surface area contributed by atoms with Gasteiger partial charge < -0.3 is 14.8 Å².